The fourth-order valence-corrected chi connectivity index (χ4v) is 3.26. The molecule has 0 bridgehead atoms. The number of hydrogen-bond donors (Lipinski definition) is 0. The van der Waals surface area contributed by atoms with Crippen molar-refractivity contribution in [1.82, 2.24) is 0 Å². The van der Waals surface area contributed by atoms with Crippen molar-refractivity contribution in [3.63, 3.8) is 0 Å². The normalized spacial score (nSPS) is 11.4. The van der Waals surface area contributed by atoms with Crippen LogP contribution in [0.1, 0.15) is 0 Å². The molecule has 0 saturated carbocycles. The van der Waals surface area contributed by atoms with E-state index in [1.807, 2.05) is 0 Å². The van der Waals surface area contributed by atoms with Crippen LogP contribution in [0.3, 0.4) is 0 Å². The molecule has 0 spiro atoms. The van der Waals surface area contributed by atoms with E-state index in [2.05, 4.69) is 76.0 Å². The SMILES string of the molecule is Pc1cccc2ccc3cc4ccccc4cc3c12. The Morgan fingerprint density at radius 3 is 2.11 bits per heavy atom. The highest BCUT2D eigenvalue weighted by Gasteiger charge is 2.04. The van der Waals surface area contributed by atoms with Crippen LogP contribution < -0.4 is 5.30 Å². The first-order chi connectivity index (χ1) is 9.33. The molecule has 90 valence electrons. The van der Waals surface area contributed by atoms with Gasteiger partial charge in [-0.3, -0.25) is 0 Å². The van der Waals surface area contributed by atoms with Crippen LogP contribution in [0.5, 0.6) is 0 Å². The maximum atomic E-state index is 2.85. The molecule has 4 rings (SSSR count). The summed E-state index contributed by atoms with van der Waals surface area (Å²) in [7, 11) is 2.85. The van der Waals surface area contributed by atoms with Gasteiger partial charge >= 0.3 is 0 Å². The van der Waals surface area contributed by atoms with Crippen LogP contribution >= 0.6 is 9.24 Å². The van der Waals surface area contributed by atoms with E-state index in [1.165, 1.54) is 37.6 Å². The number of benzene rings is 4. The summed E-state index contributed by atoms with van der Waals surface area (Å²) >= 11 is 0. The van der Waals surface area contributed by atoms with Crippen molar-refractivity contribution >= 4 is 46.9 Å². The molecule has 0 aliphatic rings. The van der Waals surface area contributed by atoms with Gasteiger partial charge in [0.2, 0.25) is 0 Å². The summed E-state index contributed by atoms with van der Waals surface area (Å²) in [4.78, 5) is 0. The van der Waals surface area contributed by atoms with Crippen LogP contribution in [0.15, 0.2) is 66.7 Å². The zero-order chi connectivity index (χ0) is 12.8. The minimum atomic E-state index is 1.26. The predicted molar refractivity (Wildman–Crippen MR) is 88.3 cm³/mol. The number of rotatable bonds is 0. The molecule has 4 aromatic carbocycles. The highest BCUT2D eigenvalue weighted by atomic mass is 31.0. The van der Waals surface area contributed by atoms with Crippen LogP contribution in [0, 0.1) is 0 Å². The van der Waals surface area contributed by atoms with E-state index >= 15 is 0 Å². The molecule has 1 heteroatoms. The number of hydrogen-bond acceptors (Lipinski definition) is 0. The zero-order valence-corrected chi connectivity index (χ0v) is 11.6. The van der Waals surface area contributed by atoms with Gasteiger partial charge in [0.15, 0.2) is 0 Å². The highest BCUT2D eigenvalue weighted by Crippen LogP contribution is 2.29. The quantitative estimate of drug-likeness (QED) is 0.245. The average molecular weight is 260 g/mol. The van der Waals surface area contributed by atoms with Crippen molar-refractivity contribution < 1.29 is 0 Å². The largest absolute Gasteiger partial charge is 0.105 e. The van der Waals surface area contributed by atoms with Gasteiger partial charge in [0.25, 0.3) is 0 Å². The summed E-state index contributed by atoms with van der Waals surface area (Å²) < 4.78 is 0. The lowest BCUT2D eigenvalue weighted by atomic mass is 9.98. The second-order valence-corrected chi connectivity index (χ2v) is 5.55. The van der Waals surface area contributed by atoms with E-state index < -0.39 is 0 Å². The van der Waals surface area contributed by atoms with Gasteiger partial charge in [0.05, 0.1) is 0 Å². The Labute approximate surface area is 114 Å². The van der Waals surface area contributed by atoms with E-state index in [4.69, 9.17) is 0 Å². The van der Waals surface area contributed by atoms with Crippen molar-refractivity contribution in [3.8, 4) is 0 Å². The van der Waals surface area contributed by atoms with Gasteiger partial charge in [-0.05, 0) is 49.8 Å². The smallest absolute Gasteiger partial charge is 0.00335 e. The fraction of sp³-hybridized carbons (Fsp3) is 0. The average Bonchev–Trinajstić information content (AvgIpc) is 2.45. The summed E-state index contributed by atoms with van der Waals surface area (Å²) in [6, 6.07) is 24.0. The molecule has 0 aromatic heterocycles. The first-order valence-corrected chi connectivity index (χ1v) is 7.00. The van der Waals surface area contributed by atoms with Crippen molar-refractivity contribution in [2.75, 3.05) is 0 Å². The minimum Gasteiger partial charge on any atom is -0.105 e. The van der Waals surface area contributed by atoms with E-state index in [0.717, 1.165) is 0 Å². The molecule has 0 aliphatic carbocycles. The van der Waals surface area contributed by atoms with Crippen LogP contribution in [0.4, 0.5) is 0 Å². The van der Waals surface area contributed by atoms with Gasteiger partial charge in [-0.1, -0.05) is 54.6 Å². The van der Waals surface area contributed by atoms with Crippen LogP contribution in [0.2, 0.25) is 0 Å². The van der Waals surface area contributed by atoms with Crippen LogP contribution in [-0.2, 0) is 0 Å². The topological polar surface area (TPSA) is 0 Å². The molecule has 1 unspecified atom stereocenters. The lowest BCUT2D eigenvalue weighted by Gasteiger charge is -2.08. The van der Waals surface area contributed by atoms with Crippen molar-refractivity contribution in [3.05, 3.63) is 66.7 Å². The molecular weight excluding hydrogens is 247 g/mol. The summed E-state index contributed by atoms with van der Waals surface area (Å²) in [5, 5.41) is 9.15. The Bertz CT molecular complexity index is 922. The third-order valence-electron chi connectivity index (χ3n) is 3.76. The highest BCUT2D eigenvalue weighted by molar-refractivity contribution is 7.28. The van der Waals surface area contributed by atoms with Gasteiger partial charge < -0.3 is 0 Å². The second-order valence-electron chi connectivity index (χ2n) is 4.93. The molecule has 0 aliphatic heterocycles. The Hall–Kier alpha value is -1.91. The first-order valence-electron chi connectivity index (χ1n) is 6.43. The summed E-state index contributed by atoms with van der Waals surface area (Å²) in [6.45, 7) is 0. The minimum absolute atomic E-state index is 1.26. The Morgan fingerprint density at radius 1 is 0.579 bits per heavy atom. The molecule has 1 atom stereocenters. The molecule has 0 nitrogen and oxygen atoms in total. The lowest BCUT2D eigenvalue weighted by molar-refractivity contribution is 1.79. The predicted octanol–water partition coefficient (Wildman–Crippen LogP) is 4.65. The molecule has 0 heterocycles. The van der Waals surface area contributed by atoms with E-state index in [0.29, 0.717) is 0 Å². The monoisotopic (exact) mass is 260 g/mol. The van der Waals surface area contributed by atoms with Gasteiger partial charge in [-0.25, -0.2) is 0 Å². The Kier molecular flexibility index (Phi) is 2.33. The zero-order valence-electron chi connectivity index (χ0n) is 10.4. The molecule has 19 heavy (non-hydrogen) atoms. The standard InChI is InChI=1S/C18H13P/c19-17-7-3-6-12-8-9-15-10-13-4-1-2-5-14(13)11-16(15)18(12)17/h1-11H,19H2. The summed E-state index contributed by atoms with van der Waals surface area (Å²) in [5.74, 6) is 0. The third kappa shape index (κ3) is 1.64. The van der Waals surface area contributed by atoms with E-state index in [9.17, 15) is 0 Å². The molecule has 0 fully saturated rings. The fourth-order valence-electron chi connectivity index (χ4n) is 2.83. The second kappa shape index (κ2) is 4.05. The number of fused-ring (bicyclic) bond motifs is 4. The first kappa shape index (κ1) is 11.0. The summed E-state index contributed by atoms with van der Waals surface area (Å²) in [5.41, 5.74) is 0. The van der Waals surface area contributed by atoms with E-state index in [1.54, 1.807) is 0 Å². The molecule has 0 radical (unpaired) electrons. The third-order valence-corrected chi connectivity index (χ3v) is 4.24. The van der Waals surface area contributed by atoms with Crippen molar-refractivity contribution in [2.45, 2.75) is 0 Å². The van der Waals surface area contributed by atoms with Gasteiger partial charge in [0, 0.05) is 0 Å². The van der Waals surface area contributed by atoms with Crippen molar-refractivity contribution in [2.24, 2.45) is 0 Å². The molecule has 0 amide bonds. The maximum Gasteiger partial charge on any atom is -0.00335 e. The lowest BCUT2D eigenvalue weighted by Crippen LogP contribution is -1.93. The molecular formula is C18H13P. The van der Waals surface area contributed by atoms with Gasteiger partial charge in [0.1, 0.15) is 0 Å². The molecule has 0 N–H and O–H groups in total. The van der Waals surface area contributed by atoms with Crippen LogP contribution in [-0.4, -0.2) is 0 Å². The van der Waals surface area contributed by atoms with Gasteiger partial charge in [-0.2, -0.15) is 0 Å². The van der Waals surface area contributed by atoms with Crippen molar-refractivity contribution in [1.29, 1.82) is 0 Å². The molecule has 0 saturated heterocycles. The maximum absolute atomic E-state index is 2.85. The Morgan fingerprint density at radius 2 is 1.26 bits per heavy atom. The van der Waals surface area contributed by atoms with Crippen LogP contribution in [0.25, 0.3) is 32.3 Å². The van der Waals surface area contributed by atoms with E-state index in [-0.39, 0.29) is 0 Å². The summed E-state index contributed by atoms with van der Waals surface area (Å²) in [6.07, 6.45) is 0. The van der Waals surface area contributed by atoms with Gasteiger partial charge in [-0.15, -0.1) is 9.24 Å². The Balaban J connectivity index is 2.29. The molecule has 4 aromatic rings.